The number of sulfonamides is 1. The van der Waals surface area contributed by atoms with Crippen molar-refractivity contribution >= 4 is 57.0 Å². The van der Waals surface area contributed by atoms with Crippen molar-refractivity contribution in [3.63, 3.8) is 0 Å². The van der Waals surface area contributed by atoms with E-state index >= 15 is 0 Å². The van der Waals surface area contributed by atoms with Crippen LogP contribution < -0.4 is 30.6 Å². The highest BCUT2D eigenvalue weighted by Gasteiger charge is 2.19. The predicted molar refractivity (Wildman–Crippen MR) is 178 cm³/mol. The molecule has 0 saturated heterocycles. The lowest BCUT2D eigenvalue weighted by molar-refractivity contribution is -0.115. The number of primary sulfonamides is 1. The highest BCUT2D eigenvalue weighted by molar-refractivity contribution is 8.00. The average Bonchev–Trinajstić information content (AvgIpc) is 3.05. The highest BCUT2D eigenvalue weighted by atomic mass is 32.2. The van der Waals surface area contributed by atoms with Crippen LogP contribution in [-0.2, 0) is 19.6 Å². The van der Waals surface area contributed by atoms with Crippen LogP contribution in [0.1, 0.15) is 22.8 Å². The number of hydrogen-bond acceptors (Lipinski definition) is 8. The molecule has 0 radical (unpaired) electrons. The number of rotatable bonds is 12. The first-order valence-electron chi connectivity index (χ1n) is 13.8. The number of nitrogens with one attached hydrogen (secondary N) is 3. The average molecular weight is 661 g/mol. The quantitative estimate of drug-likeness (QED) is 0.123. The van der Waals surface area contributed by atoms with Crippen molar-refractivity contribution in [3.05, 3.63) is 114 Å². The number of hydrogen-bond donors (Lipinski definition) is 4. The standard InChI is InChI=1S/C33H32N4O7S2/c1-21(31(38)35-25-14-18-27(19-15-25)46(34,41)42)45-26-16-12-24(13-17-26)36-33(40)28(37-32(39)22-8-5-4-6-9-22)20-23-10-7-11-29(43-2)30(23)44-3/h4-21H,1-3H3,(H,35,38)(H,36,40)(H,37,39)(H2,34,41,42)/b28-20-. The third kappa shape index (κ3) is 8.97. The first kappa shape index (κ1) is 33.8. The van der Waals surface area contributed by atoms with Gasteiger partial charge in [0, 0.05) is 27.4 Å². The van der Waals surface area contributed by atoms with Crippen molar-refractivity contribution in [1.29, 1.82) is 0 Å². The Morgan fingerprint density at radius 1 is 0.804 bits per heavy atom. The van der Waals surface area contributed by atoms with E-state index in [0.717, 1.165) is 4.90 Å². The lowest BCUT2D eigenvalue weighted by Crippen LogP contribution is -2.30. The Bertz CT molecular complexity index is 1850. The fourth-order valence-corrected chi connectivity index (χ4v) is 5.55. The van der Waals surface area contributed by atoms with Gasteiger partial charge in [0.05, 0.1) is 24.4 Å². The van der Waals surface area contributed by atoms with Gasteiger partial charge in [-0.25, -0.2) is 13.6 Å². The zero-order valence-corrected chi connectivity index (χ0v) is 26.8. The molecule has 1 unspecified atom stereocenters. The number of carbonyl (C=O) groups excluding carboxylic acids is 3. The summed E-state index contributed by atoms with van der Waals surface area (Å²) >= 11 is 1.29. The maximum Gasteiger partial charge on any atom is 0.272 e. The Labute approximate surface area is 271 Å². The molecule has 0 aliphatic carbocycles. The van der Waals surface area contributed by atoms with Gasteiger partial charge in [-0.1, -0.05) is 30.3 Å². The van der Waals surface area contributed by atoms with Crippen molar-refractivity contribution in [2.45, 2.75) is 22.0 Å². The molecular weight excluding hydrogens is 629 g/mol. The number of nitrogens with two attached hydrogens (primary N) is 1. The van der Waals surface area contributed by atoms with Gasteiger partial charge in [0.1, 0.15) is 5.70 Å². The van der Waals surface area contributed by atoms with Crippen LogP contribution in [0.3, 0.4) is 0 Å². The zero-order chi connectivity index (χ0) is 33.3. The SMILES string of the molecule is COc1cccc(/C=C(\NC(=O)c2ccccc2)C(=O)Nc2ccc(SC(C)C(=O)Nc3ccc(S(N)(=O)=O)cc3)cc2)c1OC. The van der Waals surface area contributed by atoms with Crippen LogP contribution in [0.4, 0.5) is 11.4 Å². The molecule has 1 atom stereocenters. The van der Waals surface area contributed by atoms with Crippen LogP contribution in [-0.4, -0.2) is 45.6 Å². The van der Waals surface area contributed by atoms with Gasteiger partial charge in [-0.05, 0) is 79.7 Å². The second kappa shape index (κ2) is 15.3. The molecule has 46 heavy (non-hydrogen) atoms. The van der Waals surface area contributed by atoms with E-state index in [2.05, 4.69) is 16.0 Å². The van der Waals surface area contributed by atoms with E-state index in [9.17, 15) is 22.8 Å². The minimum absolute atomic E-state index is 0.0266. The third-order valence-corrected chi connectivity index (χ3v) is 8.55. The van der Waals surface area contributed by atoms with Gasteiger partial charge in [-0.15, -0.1) is 11.8 Å². The minimum Gasteiger partial charge on any atom is -0.493 e. The van der Waals surface area contributed by atoms with Gasteiger partial charge in [0.15, 0.2) is 11.5 Å². The second-order valence-corrected chi connectivity index (χ2v) is 12.7. The van der Waals surface area contributed by atoms with Crippen molar-refractivity contribution in [3.8, 4) is 11.5 Å². The first-order chi connectivity index (χ1) is 22.0. The Morgan fingerprint density at radius 3 is 2.04 bits per heavy atom. The summed E-state index contributed by atoms with van der Waals surface area (Å²) in [6.07, 6.45) is 1.50. The Kier molecular flexibility index (Phi) is 11.2. The molecule has 13 heteroatoms. The monoisotopic (exact) mass is 660 g/mol. The van der Waals surface area contributed by atoms with Gasteiger partial charge < -0.3 is 25.4 Å². The summed E-state index contributed by atoms with van der Waals surface area (Å²) in [5, 5.41) is 12.9. The molecular formula is C33H32N4O7S2. The summed E-state index contributed by atoms with van der Waals surface area (Å²) in [6, 6.07) is 26.1. The van der Waals surface area contributed by atoms with Gasteiger partial charge >= 0.3 is 0 Å². The van der Waals surface area contributed by atoms with Crippen molar-refractivity contribution in [2.75, 3.05) is 24.9 Å². The van der Waals surface area contributed by atoms with Gasteiger partial charge in [-0.3, -0.25) is 14.4 Å². The molecule has 0 saturated carbocycles. The van der Waals surface area contributed by atoms with E-state index in [4.69, 9.17) is 14.6 Å². The summed E-state index contributed by atoms with van der Waals surface area (Å²) < 4.78 is 33.8. The lowest BCUT2D eigenvalue weighted by atomic mass is 10.1. The molecule has 0 aliphatic rings. The fourth-order valence-electron chi connectivity index (χ4n) is 4.17. The number of ether oxygens (including phenoxy) is 2. The fraction of sp³-hybridized carbons (Fsp3) is 0.121. The highest BCUT2D eigenvalue weighted by Crippen LogP contribution is 2.32. The molecule has 0 heterocycles. The number of carbonyl (C=O) groups is 3. The van der Waals surface area contributed by atoms with Gasteiger partial charge in [0.25, 0.3) is 11.8 Å². The van der Waals surface area contributed by atoms with Crippen LogP contribution in [0, 0.1) is 0 Å². The number of methoxy groups -OCH3 is 2. The molecule has 5 N–H and O–H groups in total. The number of anilines is 2. The van der Waals surface area contributed by atoms with Gasteiger partial charge in [0.2, 0.25) is 15.9 Å². The summed E-state index contributed by atoms with van der Waals surface area (Å²) in [6.45, 7) is 1.73. The zero-order valence-electron chi connectivity index (χ0n) is 25.1. The van der Waals surface area contributed by atoms with Crippen molar-refractivity contribution in [2.24, 2.45) is 5.14 Å². The van der Waals surface area contributed by atoms with Crippen LogP contribution in [0.5, 0.6) is 11.5 Å². The van der Waals surface area contributed by atoms with Crippen LogP contribution in [0.2, 0.25) is 0 Å². The van der Waals surface area contributed by atoms with Crippen molar-refractivity contribution in [1.82, 2.24) is 5.32 Å². The van der Waals surface area contributed by atoms with E-state index in [1.165, 1.54) is 56.3 Å². The predicted octanol–water partition coefficient (Wildman–Crippen LogP) is 4.88. The number of benzene rings is 4. The molecule has 238 valence electrons. The minimum atomic E-state index is -3.83. The van der Waals surface area contributed by atoms with Crippen molar-refractivity contribution < 1.29 is 32.3 Å². The molecule has 3 amide bonds. The van der Waals surface area contributed by atoms with Gasteiger partial charge in [-0.2, -0.15) is 0 Å². The van der Waals surface area contributed by atoms with E-state index in [1.807, 2.05) is 0 Å². The molecule has 0 fully saturated rings. The summed E-state index contributed by atoms with van der Waals surface area (Å²) in [4.78, 5) is 39.9. The Morgan fingerprint density at radius 2 is 1.43 bits per heavy atom. The van der Waals surface area contributed by atoms with E-state index < -0.39 is 27.1 Å². The van der Waals surface area contributed by atoms with Crippen LogP contribution >= 0.6 is 11.8 Å². The molecule has 0 bridgehead atoms. The second-order valence-electron chi connectivity index (χ2n) is 9.76. The molecule has 0 spiro atoms. The smallest absolute Gasteiger partial charge is 0.272 e. The molecule has 0 aliphatic heterocycles. The normalized spacial score (nSPS) is 12.0. The molecule has 0 aromatic heterocycles. The lowest BCUT2D eigenvalue weighted by Gasteiger charge is -2.15. The van der Waals surface area contributed by atoms with E-state index in [-0.39, 0.29) is 16.5 Å². The van der Waals surface area contributed by atoms with Crippen LogP contribution in [0.15, 0.2) is 113 Å². The molecule has 4 aromatic rings. The van der Waals surface area contributed by atoms with E-state index in [1.54, 1.807) is 79.7 Å². The molecule has 4 rings (SSSR count). The number of para-hydroxylation sites is 1. The Balaban J connectivity index is 1.46. The van der Waals surface area contributed by atoms with E-state index in [0.29, 0.717) is 34.0 Å². The Hall–Kier alpha value is -5.11. The summed E-state index contributed by atoms with van der Waals surface area (Å²) in [7, 11) is -0.848. The summed E-state index contributed by atoms with van der Waals surface area (Å²) in [5.41, 5.74) is 1.75. The maximum absolute atomic E-state index is 13.5. The number of amides is 3. The topological polar surface area (TPSA) is 166 Å². The largest absolute Gasteiger partial charge is 0.493 e. The summed E-state index contributed by atoms with van der Waals surface area (Å²) in [5.74, 6) is -0.479. The third-order valence-electron chi connectivity index (χ3n) is 6.51. The maximum atomic E-state index is 13.5. The first-order valence-corrected chi connectivity index (χ1v) is 16.2. The number of thioether (sulfide) groups is 1. The van der Waals surface area contributed by atoms with Crippen LogP contribution in [0.25, 0.3) is 6.08 Å². The molecule has 11 nitrogen and oxygen atoms in total. The molecule has 4 aromatic carbocycles.